The fourth-order valence-corrected chi connectivity index (χ4v) is 4.06. The van der Waals surface area contributed by atoms with Crippen LogP contribution in [0.4, 0.5) is 23.7 Å². The number of carbonyl (C=O) groups excluding carboxylic acids is 2. The van der Waals surface area contributed by atoms with Crippen LogP contribution in [0.3, 0.4) is 0 Å². The molecule has 3 atom stereocenters. The van der Waals surface area contributed by atoms with Crippen LogP contribution in [0, 0.1) is 5.92 Å². The molecule has 0 bridgehead atoms. The molecule has 37 heavy (non-hydrogen) atoms. The molecule has 1 aliphatic heterocycles. The lowest BCUT2D eigenvalue weighted by molar-refractivity contribution is -0.138. The quantitative estimate of drug-likeness (QED) is 0.620. The number of aryl methyl sites for hydroxylation is 1. The molecule has 0 unspecified atom stereocenters. The first-order valence-electron chi connectivity index (χ1n) is 12.1. The van der Waals surface area contributed by atoms with Crippen molar-refractivity contribution in [2.45, 2.75) is 58.2 Å². The van der Waals surface area contributed by atoms with E-state index in [0.29, 0.717) is 19.5 Å². The van der Waals surface area contributed by atoms with E-state index in [4.69, 9.17) is 4.74 Å². The smallest absolute Gasteiger partial charge is 0.394 e. The van der Waals surface area contributed by atoms with Gasteiger partial charge in [0.1, 0.15) is 0 Å². The Kier molecular flexibility index (Phi) is 9.49. The number of likely N-dealkylation sites (N-methyl/N-ethyl adjacent to an activating group) is 1. The molecule has 0 aliphatic carbocycles. The topological polar surface area (TPSA) is 113 Å². The molecule has 2 N–H and O–H groups in total. The predicted molar refractivity (Wildman–Crippen MR) is 128 cm³/mol. The van der Waals surface area contributed by atoms with Gasteiger partial charge in [-0.2, -0.15) is 13.2 Å². The summed E-state index contributed by atoms with van der Waals surface area (Å²) in [4.78, 5) is 28.7. The van der Waals surface area contributed by atoms with Crippen LogP contribution < -0.4 is 5.32 Å². The average molecular weight is 527 g/mol. The lowest BCUT2D eigenvalue weighted by atomic mass is 10.0. The van der Waals surface area contributed by atoms with Crippen molar-refractivity contribution in [3.8, 4) is 0 Å². The number of aliphatic hydroxyl groups is 1. The van der Waals surface area contributed by atoms with E-state index in [2.05, 4.69) is 15.6 Å². The molecule has 3 rings (SSSR count). The number of ether oxygens (including phenoxy) is 1. The molecule has 204 valence electrons. The van der Waals surface area contributed by atoms with Crippen LogP contribution in [0.2, 0.25) is 0 Å². The van der Waals surface area contributed by atoms with Gasteiger partial charge in [0.15, 0.2) is 0 Å². The minimum Gasteiger partial charge on any atom is -0.394 e. The zero-order chi connectivity index (χ0) is 27.2. The number of nitrogens with one attached hydrogen (secondary N) is 1. The first-order valence-corrected chi connectivity index (χ1v) is 12.1. The van der Waals surface area contributed by atoms with Crippen molar-refractivity contribution >= 4 is 17.6 Å². The number of urea groups is 1. The van der Waals surface area contributed by atoms with Gasteiger partial charge in [0.05, 0.1) is 42.8 Å². The summed E-state index contributed by atoms with van der Waals surface area (Å²) in [5.41, 5.74) is 0.155. The van der Waals surface area contributed by atoms with Crippen LogP contribution in [-0.4, -0.2) is 80.7 Å². The first kappa shape index (κ1) is 28.4. The Bertz CT molecular complexity index is 1050. The second-order valence-electron chi connectivity index (χ2n) is 9.34. The lowest BCUT2D eigenvalue weighted by Crippen LogP contribution is -2.48. The second kappa shape index (κ2) is 12.4. The SMILES string of the molecule is C[C@H]1CN([C@@H](C)CO)C(=O)CCCn2nncc2CO[C@@H]1CN(C)C(=O)Nc1ccc(C(F)(F)F)cc1. The van der Waals surface area contributed by atoms with E-state index >= 15 is 0 Å². The van der Waals surface area contributed by atoms with Crippen molar-refractivity contribution in [1.29, 1.82) is 0 Å². The highest BCUT2D eigenvalue weighted by Crippen LogP contribution is 2.30. The van der Waals surface area contributed by atoms with Gasteiger partial charge in [0.2, 0.25) is 5.91 Å². The Labute approximate surface area is 213 Å². The molecule has 1 aliphatic rings. The van der Waals surface area contributed by atoms with Gasteiger partial charge in [-0.15, -0.1) is 5.10 Å². The number of aliphatic hydroxyl groups excluding tert-OH is 1. The van der Waals surface area contributed by atoms with Gasteiger partial charge >= 0.3 is 12.2 Å². The Morgan fingerprint density at radius 2 is 2.03 bits per heavy atom. The van der Waals surface area contributed by atoms with E-state index in [1.165, 1.54) is 17.0 Å². The fourth-order valence-electron chi connectivity index (χ4n) is 4.06. The molecule has 3 amide bonds. The van der Waals surface area contributed by atoms with Crippen molar-refractivity contribution in [3.63, 3.8) is 0 Å². The van der Waals surface area contributed by atoms with Gasteiger partial charge in [0, 0.05) is 44.7 Å². The second-order valence-corrected chi connectivity index (χ2v) is 9.34. The van der Waals surface area contributed by atoms with Gasteiger partial charge in [-0.3, -0.25) is 4.79 Å². The highest BCUT2D eigenvalue weighted by Gasteiger charge is 2.31. The summed E-state index contributed by atoms with van der Waals surface area (Å²) in [6.07, 6.45) is -2.52. The molecule has 0 radical (unpaired) electrons. The van der Waals surface area contributed by atoms with E-state index in [1.807, 2.05) is 6.92 Å². The normalized spacial score (nSPS) is 20.4. The maximum absolute atomic E-state index is 12.9. The van der Waals surface area contributed by atoms with E-state index < -0.39 is 23.9 Å². The van der Waals surface area contributed by atoms with Crippen LogP contribution in [0.25, 0.3) is 0 Å². The predicted octanol–water partition coefficient (Wildman–Crippen LogP) is 2.99. The Morgan fingerprint density at radius 1 is 1.32 bits per heavy atom. The molecule has 0 spiro atoms. The summed E-state index contributed by atoms with van der Waals surface area (Å²) in [5, 5.41) is 20.3. The number of nitrogens with zero attached hydrogens (tertiary/aromatic N) is 5. The van der Waals surface area contributed by atoms with Gasteiger partial charge in [0.25, 0.3) is 0 Å². The van der Waals surface area contributed by atoms with Crippen molar-refractivity contribution in [2.24, 2.45) is 5.92 Å². The van der Waals surface area contributed by atoms with Crippen molar-refractivity contribution < 1.29 is 32.6 Å². The number of halogens is 3. The zero-order valence-corrected chi connectivity index (χ0v) is 21.1. The largest absolute Gasteiger partial charge is 0.416 e. The van der Waals surface area contributed by atoms with Crippen LogP contribution in [0.5, 0.6) is 0 Å². The maximum Gasteiger partial charge on any atom is 0.416 e. The number of anilines is 1. The Hall–Kier alpha value is -3.19. The first-order chi connectivity index (χ1) is 17.5. The molecule has 2 heterocycles. The number of amides is 3. The molecule has 13 heteroatoms. The minimum absolute atomic E-state index is 0.0946. The summed E-state index contributed by atoms with van der Waals surface area (Å²) in [5.74, 6) is -0.314. The highest BCUT2D eigenvalue weighted by molar-refractivity contribution is 5.89. The summed E-state index contributed by atoms with van der Waals surface area (Å²) in [6.45, 7) is 4.62. The third kappa shape index (κ3) is 7.65. The molecule has 0 saturated carbocycles. The summed E-state index contributed by atoms with van der Waals surface area (Å²) >= 11 is 0. The van der Waals surface area contributed by atoms with Crippen molar-refractivity contribution in [1.82, 2.24) is 24.8 Å². The van der Waals surface area contributed by atoms with E-state index in [-0.39, 0.29) is 49.7 Å². The maximum atomic E-state index is 12.9. The van der Waals surface area contributed by atoms with E-state index in [9.17, 15) is 27.9 Å². The van der Waals surface area contributed by atoms with Crippen molar-refractivity contribution in [3.05, 3.63) is 41.7 Å². The highest BCUT2D eigenvalue weighted by atomic mass is 19.4. The molecule has 2 aromatic rings. The molecule has 1 aromatic heterocycles. The number of benzene rings is 1. The van der Waals surface area contributed by atoms with E-state index in [1.54, 1.807) is 29.7 Å². The number of aromatic nitrogens is 3. The Morgan fingerprint density at radius 3 is 2.68 bits per heavy atom. The van der Waals surface area contributed by atoms with Gasteiger partial charge in [-0.05, 0) is 37.6 Å². The number of alkyl halides is 3. The fraction of sp³-hybridized carbons (Fsp3) is 0.583. The van der Waals surface area contributed by atoms with Crippen molar-refractivity contribution in [2.75, 3.05) is 32.1 Å². The summed E-state index contributed by atoms with van der Waals surface area (Å²) in [7, 11) is 1.55. The van der Waals surface area contributed by atoms with Crippen LogP contribution in [0.15, 0.2) is 30.5 Å². The van der Waals surface area contributed by atoms with Crippen LogP contribution in [0.1, 0.15) is 37.9 Å². The summed E-state index contributed by atoms with van der Waals surface area (Å²) in [6, 6.07) is 3.28. The third-order valence-corrected chi connectivity index (χ3v) is 6.40. The van der Waals surface area contributed by atoms with Gasteiger partial charge in [-0.1, -0.05) is 12.1 Å². The number of carbonyl (C=O) groups is 2. The standard InChI is InChI=1S/C24H33F3N6O4/c1-16-12-32(17(2)14-34)22(35)5-4-10-33-20(11-28-30-33)15-37-21(16)13-31(3)23(36)29-19-8-6-18(7-9-19)24(25,26)27/h6-9,11,16-17,21,34H,4-5,10,12-15H2,1-3H3,(H,29,36)/t16-,17-,21+/m0/s1. The molecule has 0 fully saturated rings. The number of fused-ring (bicyclic) bond motifs is 1. The average Bonchev–Trinajstić information content (AvgIpc) is 3.30. The minimum atomic E-state index is -4.46. The third-order valence-electron chi connectivity index (χ3n) is 6.40. The zero-order valence-electron chi connectivity index (χ0n) is 21.1. The Balaban J connectivity index is 1.74. The van der Waals surface area contributed by atoms with E-state index in [0.717, 1.165) is 17.8 Å². The van der Waals surface area contributed by atoms with Gasteiger partial charge < -0.3 is 25.0 Å². The number of hydrogen-bond acceptors (Lipinski definition) is 6. The molecular weight excluding hydrogens is 493 g/mol. The number of hydrogen-bond donors (Lipinski definition) is 2. The molecule has 1 aromatic carbocycles. The molecule has 0 saturated heterocycles. The van der Waals surface area contributed by atoms with Gasteiger partial charge in [-0.25, -0.2) is 9.48 Å². The molecule has 10 nitrogen and oxygen atoms in total. The number of rotatable bonds is 5. The molecular formula is C24H33F3N6O4. The lowest BCUT2D eigenvalue weighted by Gasteiger charge is -2.35. The van der Waals surface area contributed by atoms with Crippen LogP contribution >= 0.6 is 0 Å². The monoisotopic (exact) mass is 526 g/mol. The summed E-state index contributed by atoms with van der Waals surface area (Å²) < 4.78 is 46.3. The van der Waals surface area contributed by atoms with Crippen LogP contribution in [-0.2, 0) is 28.9 Å².